The zero-order valence-electron chi connectivity index (χ0n) is 16.0. The van der Waals surface area contributed by atoms with Crippen LogP contribution in [0.2, 0.25) is 0 Å². The minimum atomic E-state index is -1.60. The van der Waals surface area contributed by atoms with Gasteiger partial charge < -0.3 is 31.5 Å². The van der Waals surface area contributed by atoms with Crippen LogP contribution in [0.25, 0.3) is 0 Å². The second-order valence-electron chi connectivity index (χ2n) is 7.11. The minimum Gasteiger partial charge on any atom is -0.481 e. The van der Waals surface area contributed by atoms with Crippen molar-refractivity contribution in [1.29, 1.82) is 0 Å². The molecule has 1 fully saturated rings. The van der Waals surface area contributed by atoms with Crippen LogP contribution in [0.4, 0.5) is 0 Å². The predicted octanol–water partition coefficient (Wildman–Crippen LogP) is -1.57. The summed E-state index contributed by atoms with van der Waals surface area (Å²) >= 11 is 0. The molecule has 0 saturated carbocycles. The van der Waals surface area contributed by atoms with E-state index in [1.165, 1.54) is 0 Å². The molecule has 11 heteroatoms. The maximum absolute atomic E-state index is 12.4. The Bertz CT molecular complexity index is 602. The van der Waals surface area contributed by atoms with Gasteiger partial charge in [0.1, 0.15) is 12.1 Å². The number of rotatable bonds is 11. The fourth-order valence-electron chi connectivity index (χ4n) is 2.79. The third kappa shape index (κ3) is 8.33. The Kier molecular flexibility index (Phi) is 9.36. The van der Waals surface area contributed by atoms with E-state index in [1.54, 1.807) is 0 Å². The zero-order chi connectivity index (χ0) is 21.3. The van der Waals surface area contributed by atoms with Crippen molar-refractivity contribution in [3.63, 3.8) is 0 Å². The average Bonchev–Trinajstić information content (AvgIpc) is 3.12. The molecule has 3 unspecified atom stereocenters. The first kappa shape index (κ1) is 23.3. The molecule has 28 heavy (non-hydrogen) atoms. The molecule has 0 aromatic heterocycles. The van der Waals surface area contributed by atoms with Crippen LogP contribution < -0.4 is 21.3 Å². The fraction of sp³-hybridized carbons (Fsp3) is 0.706. The highest BCUT2D eigenvalue weighted by Crippen LogP contribution is 2.08. The molecule has 1 heterocycles. The Labute approximate surface area is 162 Å². The van der Waals surface area contributed by atoms with Crippen molar-refractivity contribution in [1.82, 2.24) is 21.3 Å². The Balaban J connectivity index is 2.58. The number of carbonyl (C=O) groups is 5. The van der Waals surface area contributed by atoms with E-state index >= 15 is 0 Å². The lowest BCUT2D eigenvalue weighted by atomic mass is 10.0. The molecule has 3 amide bonds. The van der Waals surface area contributed by atoms with Crippen molar-refractivity contribution in [2.75, 3.05) is 13.1 Å². The predicted molar refractivity (Wildman–Crippen MR) is 97.2 cm³/mol. The second kappa shape index (κ2) is 11.2. The van der Waals surface area contributed by atoms with Crippen molar-refractivity contribution in [2.45, 2.75) is 57.7 Å². The van der Waals surface area contributed by atoms with Gasteiger partial charge in [0, 0.05) is 0 Å². The summed E-state index contributed by atoms with van der Waals surface area (Å²) in [6, 6.07) is -2.78. The van der Waals surface area contributed by atoms with Gasteiger partial charge >= 0.3 is 11.9 Å². The Morgan fingerprint density at radius 2 is 1.75 bits per heavy atom. The topological polar surface area (TPSA) is 174 Å². The standard InChI is InChI=1S/C17H28N4O7/c1-9(2)6-11(21-16(26)10-4-3-5-18-10)15(25)19-8-13(22)20-12(17(27)28)7-14(23)24/h9-12,18H,3-8H2,1-2H3,(H,19,25)(H,20,22)(H,21,26)(H,23,24)(H,27,28). The van der Waals surface area contributed by atoms with E-state index in [0.717, 1.165) is 13.0 Å². The second-order valence-corrected chi connectivity index (χ2v) is 7.11. The van der Waals surface area contributed by atoms with Gasteiger partial charge in [0.05, 0.1) is 19.0 Å². The molecule has 0 bridgehead atoms. The maximum atomic E-state index is 12.4. The number of hydrogen-bond donors (Lipinski definition) is 6. The summed E-state index contributed by atoms with van der Waals surface area (Å²) in [6.07, 6.45) is 1.14. The molecule has 6 N–H and O–H groups in total. The number of carboxylic acids is 2. The minimum absolute atomic E-state index is 0.105. The quantitative estimate of drug-likeness (QED) is 0.241. The van der Waals surface area contributed by atoms with Crippen LogP contribution in [0.3, 0.4) is 0 Å². The molecule has 0 spiro atoms. The SMILES string of the molecule is CC(C)CC(NC(=O)C1CCCN1)C(=O)NCC(=O)NC(CC(=O)O)C(=O)O. The average molecular weight is 400 g/mol. The molecule has 1 aliphatic rings. The highest BCUT2D eigenvalue weighted by molar-refractivity contribution is 5.93. The third-order valence-electron chi connectivity index (χ3n) is 4.15. The summed E-state index contributed by atoms with van der Waals surface area (Å²) in [7, 11) is 0. The van der Waals surface area contributed by atoms with Gasteiger partial charge in [0.15, 0.2) is 0 Å². The van der Waals surface area contributed by atoms with Crippen molar-refractivity contribution in [3.8, 4) is 0 Å². The number of nitrogens with one attached hydrogen (secondary N) is 4. The van der Waals surface area contributed by atoms with E-state index < -0.39 is 48.8 Å². The van der Waals surface area contributed by atoms with Crippen LogP contribution in [-0.4, -0.2) is 71.1 Å². The zero-order valence-corrected chi connectivity index (χ0v) is 16.0. The summed E-state index contributed by atoms with van der Waals surface area (Å²) in [6.45, 7) is 3.97. The van der Waals surface area contributed by atoms with Crippen molar-refractivity contribution in [3.05, 3.63) is 0 Å². The summed E-state index contributed by atoms with van der Waals surface area (Å²) in [5.74, 6) is -4.45. The Morgan fingerprint density at radius 3 is 2.25 bits per heavy atom. The number of carboxylic acid groups (broad SMARTS) is 2. The number of carbonyl (C=O) groups excluding carboxylic acids is 3. The molecule has 0 aliphatic carbocycles. The van der Waals surface area contributed by atoms with Gasteiger partial charge in [-0.3, -0.25) is 19.2 Å². The number of hydrogen-bond acceptors (Lipinski definition) is 6. The van der Waals surface area contributed by atoms with Crippen LogP contribution in [0.1, 0.15) is 39.5 Å². The Hall–Kier alpha value is -2.69. The first-order chi connectivity index (χ1) is 13.1. The van der Waals surface area contributed by atoms with E-state index in [-0.39, 0.29) is 17.9 Å². The fourth-order valence-corrected chi connectivity index (χ4v) is 2.79. The van der Waals surface area contributed by atoms with Gasteiger partial charge in [-0.2, -0.15) is 0 Å². The van der Waals surface area contributed by atoms with Crippen molar-refractivity contribution < 1.29 is 34.2 Å². The molecular formula is C17H28N4O7. The van der Waals surface area contributed by atoms with E-state index in [0.29, 0.717) is 12.8 Å². The molecule has 11 nitrogen and oxygen atoms in total. The highest BCUT2D eigenvalue weighted by atomic mass is 16.4. The van der Waals surface area contributed by atoms with Gasteiger partial charge in [-0.05, 0) is 31.7 Å². The third-order valence-corrected chi connectivity index (χ3v) is 4.15. The Morgan fingerprint density at radius 1 is 1.07 bits per heavy atom. The largest absolute Gasteiger partial charge is 0.481 e. The monoisotopic (exact) mass is 400 g/mol. The van der Waals surface area contributed by atoms with Crippen LogP contribution in [0.5, 0.6) is 0 Å². The lowest BCUT2D eigenvalue weighted by molar-refractivity contribution is -0.147. The molecule has 0 aromatic rings. The molecular weight excluding hydrogens is 372 g/mol. The van der Waals surface area contributed by atoms with Gasteiger partial charge in [-0.15, -0.1) is 0 Å². The highest BCUT2D eigenvalue weighted by Gasteiger charge is 2.28. The van der Waals surface area contributed by atoms with Crippen molar-refractivity contribution in [2.24, 2.45) is 5.92 Å². The smallest absolute Gasteiger partial charge is 0.326 e. The van der Waals surface area contributed by atoms with E-state index in [4.69, 9.17) is 10.2 Å². The maximum Gasteiger partial charge on any atom is 0.326 e. The first-order valence-electron chi connectivity index (χ1n) is 9.15. The summed E-state index contributed by atoms with van der Waals surface area (Å²) in [5, 5.41) is 27.7. The normalized spacial score (nSPS) is 18.2. The van der Waals surface area contributed by atoms with E-state index in [2.05, 4.69) is 16.0 Å². The molecule has 1 aliphatic heterocycles. The molecule has 1 saturated heterocycles. The lowest BCUT2D eigenvalue weighted by Gasteiger charge is -2.22. The van der Waals surface area contributed by atoms with Crippen LogP contribution in [0.15, 0.2) is 0 Å². The van der Waals surface area contributed by atoms with Crippen molar-refractivity contribution >= 4 is 29.7 Å². The number of aliphatic carboxylic acids is 2. The molecule has 0 radical (unpaired) electrons. The van der Waals surface area contributed by atoms with Gasteiger partial charge in [0.2, 0.25) is 17.7 Å². The van der Waals surface area contributed by atoms with E-state index in [9.17, 15) is 24.0 Å². The first-order valence-corrected chi connectivity index (χ1v) is 9.15. The molecule has 3 atom stereocenters. The van der Waals surface area contributed by atoms with Gasteiger partial charge in [-0.25, -0.2) is 4.79 Å². The number of amides is 3. The summed E-state index contributed by atoms with van der Waals surface area (Å²) < 4.78 is 0. The summed E-state index contributed by atoms with van der Waals surface area (Å²) in [5.41, 5.74) is 0. The van der Waals surface area contributed by atoms with Gasteiger partial charge in [-0.1, -0.05) is 13.8 Å². The van der Waals surface area contributed by atoms with Crippen LogP contribution >= 0.6 is 0 Å². The lowest BCUT2D eigenvalue weighted by Crippen LogP contribution is -2.53. The van der Waals surface area contributed by atoms with Crippen LogP contribution in [-0.2, 0) is 24.0 Å². The van der Waals surface area contributed by atoms with E-state index in [1.807, 2.05) is 19.2 Å². The van der Waals surface area contributed by atoms with Crippen LogP contribution in [0, 0.1) is 5.92 Å². The summed E-state index contributed by atoms with van der Waals surface area (Å²) in [4.78, 5) is 58.1. The van der Waals surface area contributed by atoms with Gasteiger partial charge in [0.25, 0.3) is 0 Å². The molecule has 0 aromatic carbocycles. The molecule has 158 valence electrons. The molecule has 1 rings (SSSR count).